The first kappa shape index (κ1) is 18.3. The zero-order valence-electron chi connectivity index (χ0n) is 14.5. The van der Waals surface area contributed by atoms with E-state index in [4.69, 9.17) is 28.3 Å². The molecular weight excluding hydrogens is 393 g/mol. The van der Waals surface area contributed by atoms with Gasteiger partial charge in [-0.1, -0.05) is 23.2 Å². The number of benzene rings is 1. The molecule has 4 rings (SSSR count). The number of sulfonamides is 1. The quantitative estimate of drug-likeness (QED) is 0.738. The summed E-state index contributed by atoms with van der Waals surface area (Å²) in [4.78, 5) is 0.0580. The molecule has 0 atom stereocenters. The van der Waals surface area contributed by atoms with Crippen LogP contribution in [0.25, 0.3) is 0 Å². The van der Waals surface area contributed by atoms with Gasteiger partial charge in [-0.05, 0) is 56.4 Å². The minimum absolute atomic E-state index is 0.0580. The SMILES string of the molecule is Cc1cc(S(=O)(=O)NCCn2nc(C3CC3)cc2C2CC2)c(Cl)cc1Cl. The number of nitrogens with zero attached hydrogens (tertiary/aromatic N) is 2. The van der Waals surface area contributed by atoms with E-state index in [1.54, 1.807) is 6.92 Å². The lowest BCUT2D eigenvalue weighted by Crippen LogP contribution is -2.28. The van der Waals surface area contributed by atoms with Crippen LogP contribution in [-0.4, -0.2) is 24.7 Å². The van der Waals surface area contributed by atoms with E-state index in [1.165, 1.54) is 43.5 Å². The summed E-state index contributed by atoms with van der Waals surface area (Å²) in [5, 5.41) is 5.29. The third-order valence-electron chi connectivity index (χ3n) is 4.94. The van der Waals surface area contributed by atoms with Gasteiger partial charge in [-0.2, -0.15) is 5.10 Å². The van der Waals surface area contributed by atoms with Crippen LogP contribution in [0.15, 0.2) is 23.1 Å². The highest BCUT2D eigenvalue weighted by Gasteiger charge is 2.32. The second-order valence-electron chi connectivity index (χ2n) is 7.20. The van der Waals surface area contributed by atoms with Gasteiger partial charge in [-0.15, -0.1) is 0 Å². The minimum Gasteiger partial charge on any atom is -0.268 e. The molecule has 1 N–H and O–H groups in total. The van der Waals surface area contributed by atoms with Crippen molar-refractivity contribution in [1.82, 2.24) is 14.5 Å². The van der Waals surface area contributed by atoms with Crippen molar-refractivity contribution < 1.29 is 8.42 Å². The van der Waals surface area contributed by atoms with Crippen molar-refractivity contribution >= 4 is 33.2 Å². The molecule has 8 heteroatoms. The number of halogens is 2. The fourth-order valence-electron chi connectivity index (χ4n) is 3.12. The van der Waals surface area contributed by atoms with Crippen molar-refractivity contribution in [2.24, 2.45) is 0 Å². The molecule has 2 fully saturated rings. The summed E-state index contributed by atoms with van der Waals surface area (Å²) in [7, 11) is -3.70. The molecule has 0 bridgehead atoms. The summed E-state index contributed by atoms with van der Waals surface area (Å²) in [6.07, 6.45) is 4.81. The lowest BCUT2D eigenvalue weighted by Gasteiger charge is -2.11. The zero-order valence-corrected chi connectivity index (χ0v) is 16.8. The Kier molecular flexibility index (Phi) is 4.80. The molecule has 1 aromatic carbocycles. The molecule has 0 unspecified atom stereocenters. The van der Waals surface area contributed by atoms with Gasteiger partial charge in [-0.3, -0.25) is 4.68 Å². The zero-order chi connectivity index (χ0) is 18.5. The first-order chi connectivity index (χ1) is 12.3. The molecule has 2 aliphatic rings. The van der Waals surface area contributed by atoms with Gasteiger partial charge < -0.3 is 0 Å². The average Bonchev–Trinajstić information content (AvgIpc) is 3.49. The van der Waals surface area contributed by atoms with E-state index in [2.05, 4.69) is 10.8 Å². The molecule has 140 valence electrons. The standard InChI is InChI=1S/C18H21Cl2N3O2S/c1-11-8-18(15(20)9-14(11)19)26(24,25)21-6-7-23-17(13-4-5-13)10-16(22-23)12-2-3-12/h8-10,12-13,21H,2-7H2,1H3. The largest absolute Gasteiger partial charge is 0.268 e. The van der Waals surface area contributed by atoms with Crippen molar-refractivity contribution in [3.63, 3.8) is 0 Å². The number of nitrogens with one attached hydrogen (secondary N) is 1. The van der Waals surface area contributed by atoms with Crippen molar-refractivity contribution in [3.8, 4) is 0 Å². The Hall–Kier alpha value is -1.08. The van der Waals surface area contributed by atoms with Crippen LogP contribution in [0.3, 0.4) is 0 Å². The average molecular weight is 414 g/mol. The second kappa shape index (κ2) is 6.82. The molecule has 0 spiro atoms. The van der Waals surface area contributed by atoms with Crippen molar-refractivity contribution in [2.45, 2.75) is 55.9 Å². The van der Waals surface area contributed by atoms with Crippen LogP contribution >= 0.6 is 23.2 Å². The monoisotopic (exact) mass is 413 g/mol. The Balaban J connectivity index is 1.47. The van der Waals surface area contributed by atoms with E-state index in [9.17, 15) is 8.42 Å². The highest BCUT2D eigenvalue weighted by Crippen LogP contribution is 2.44. The van der Waals surface area contributed by atoms with Gasteiger partial charge in [0.1, 0.15) is 4.90 Å². The molecule has 2 aromatic rings. The minimum atomic E-state index is -3.70. The number of rotatable bonds is 7. The van der Waals surface area contributed by atoms with Crippen LogP contribution in [0.2, 0.25) is 10.0 Å². The van der Waals surface area contributed by atoms with Crippen LogP contribution in [0.5, 0.6) is 0 Å². The van der Waals surface area contributed by atoms with Crippen LogP contribution in [0, 0.1) is 6.92 Å². The molecule has 2 aliphatic carbocycles. The molecule has 1 aromatic heterocycles. The lowest BCUT2D eigenvalue weighted by molar-refractivity contribution is 0.548. The molecule has 0 saturated heterocycles. The van der Waals surface area contributed by atoms with Gasteiger partial charge in [0, 0.05) is 29.1 Å². The molecule has 26 heavy (non-hydrogen) atoms. The first-order valence-electron chi connectivity index (χ1n) is 8.88. The molecule has 5 nitrogen and oxygen atoms in total. The molecule has 0 amide bonds. The summed E-state index contributed by atoms with van der Waals surface area (Å²) in [6.45, 7) is 2.54. The van der Waals surface area contributed by atoms with Crippen LogP contribution in [-0.2, 0) is 16.6 Å². The molecule has 1 heterocycles. The maximum atomic E-state index is 12.6. The Labute approximate surface area is 163 Å². The molecular formula is C18H21Cl2N3O2S. The van der Waals surface area contributed by atoms with Crippen LogP contribution < -0.4 is 4.72 Å². The lowest BCUT2D eigenvalue weighted by atomic mass is 10.2. The first-order valence-corrected chi connectivity index (χ1v) is 11.1. The maximum absolute atomic E-state index is 12.6. The Morgan fingerprint density at radius 3 is 2.46 bits per heavy atom. The predicted molar refractivity (Wildman–Crippen MR) is 103 cm³/mol. The molecule has 0 aliphatic heterocycles. The summed E-state index contributed by atoms with van der Waals surface area (Å²) >= 11 is 12.1. The highest BCUT2D eigenvalue weighted by atomic mass is 35.5. The fourth-order valence-corrected chi connectivity index (χ4v) is 4.97. The predicted octanol–water partition coefficient (Wildman–Crippen LogP) is 4.23. The summed E-state index contributed by atoms with van der Waals surface area (Å²) in [5.41, 5.74) is 3.08. The van der Waals surface area contributed by atoms with Gasteiger partial charge in [0.15, 0.2) is 0 Å². The fraction of sp³-hybridized carbons (Fsp3) is 0.500. The summed E-state index contributed by atoms with van der Waals surface area (Å²) in [6, 6.07) is 5.18. The van der Waals surface area contributed by atoms with E-state index in [0.29, 0.717) is 29.0 Å². The van der Waals surface area contributed by atoms with Gasteiger partial charge in [0.05, 0.1) is 17.3 Å². The number of hydrogen-bond acceptors (Lipinski definition) is 3. The van der Waals surface area contributed by atoms with Crippen molar-refractivity contribution in [1.29, 1.82) is 0 Å². The smallest absolute Gasteiger partial charge is 0.242 e. The second-order valence-corrected chi connectivity index (χ2v) is 9.75. The summed E-state index contributed by atoms with van der Waals surface area (Å²) < 4.78 is 29.8. The van der Waals surface area contributed by atoms with Gasteiger partial charge in [-0.25, -0.2) is 13.1 Å². The Morgan fingerprint density at radius 1 is 1.12 bits per heavy atom. The number of hydrogen-bond donors (Lipinski definition) is 1. The number of aromatic nitrogens is 2. The van der Waals surface area contributed by atoms with E-state index in [-0.39, 0.29) is 16.5 Å². The van der Waals surface area contributed by atoms with Gasteiger partial charge in [0.2, 0.25) is 10.0 Å². The molecule has 0 radical (unpaired) electrons. The number of aryl methyl sites for hydroxylation is 1. The normalized spacial score (nSPS) is 17.7. The van der Waals surface area contributed by atoms with Crippen molar-refractivity contribution in [3.05, 3.63) is 45.2 Å². The highest BCUT2D eigenvalue weighted by molar-refractivity contribution is 7.89. The van der Waals surface area contributed by atoms with Gasteiger partial charge in [0.25, 0.3) is 0 Å². The van der Waals surface area contributed by atoms with Gasteiger partial charge >= 0.3 is 0 Å². The van der Waals surface area contributed by atoms with E-state index in [0.717, 1.165) is 5.69 Å². The van der Waals surface area contributed by atoms with Crippen LogP contribution in [0.4, 0.5) is 0 Å². The van der Waals surface area contributed by atoms with E-state index < -0.39 is 10.0 Å². The third kappa shape index (κ3) is 3.79. The summed E-state index contributed by atoms with van der Waals surface area (Å²) in [5.74, 6) is 1.18. The Morgan fingerprint density at radius 2 is 1.81 bits per heavy atom. The molecule has 2 saturated carbocycles. The maximum Gasteiger partial charge on any atom is 0.242 e. The third-order valence-corrected chi connectivity index (χ3v) is 7.27. The van der Waals surface area contributed by atoms with E-state index >= 15 is 0 Å². The Bertz CT molecular complexity index is 948. The van der Waals surface area contributed by atoms with E-state index in [1.807, 2.05) is 4.68 Å². The van der Waals surface area contributed by atoms with Crippen LogP contribution in [0.1, 0.15) is 54.5 Å². The van der Waals surface area contributed by atoms with Crippen molar-refractivity contribution in [2.75, 3.05) is 6.54 Å². The topological polar surface area (TPSA) is 64.0 Å².